The van der Waals surface area contributed by atoms with Crippen molar-refractivity contribution in [2.24, 2.45) is 0 Å². The number of ether oxygens (including phenoxy) is 2. The van der Waals surface area contributed by atoms with Gasteiger partial charge in [0.25, 0.3) is 0 Å². The molecule has 0 aliphatic rings. The summed E-state index contributed by atoms with van der Waals surface area (Å²) in [7, 11) is 2.95. The summed E-state index contributed by atoms with van der Waals surface area (Å²) in [5, 5.41) is 0. The van der Waals surface area contributed by atoms with Crippen LogP contribution in [0.25, 0.3) is 6.08 Å². The molecule has 0 aliphatic carbocycles. The van der Waals surface area contributed by atoms with Crippen LogP contribution in [0.15, 0.2) is 24.3 Å². The van der Waals surface area contributed by atoms with Gasteiger partial charge < -0.3 is 9.47 Å². The lowest BCUT2D eigenvalue weighted by atomic mass is 10.1. The number of aryl methyl sites for hydroxylation is 1. The van der Waals surface area contributed by atoms with E-state index in [-0.39, 0.29) is 5.97 Å². The molecule has 1 aromatic rings. The number of rotatable bonds is 3. The molecule has 80 valence electrons. The van der Waals surface area contributed by atoms with Gasteiger partial charge in [-0.3, -0.25) is 0 Å². The Kier molecular flexibility index (Phi) is 3.92. The van der Waals surface area contributed by atoms with Crippen LogP contribution in [-0.4, -0.2) is 20.2 Å². The predicted octanol–water partition coefficient (Wildman–Crippen LogP) is 2.19. The molecule has 0 unspecified atom stereocenters. The molecule has 3 nitrogen and oxygen atoms in total. The molecule has 0 fully saturated rings. The average molecular weight is 206 g/mol. The van der Waals surface area contributed by atoms with E-state index in [4.69, 9.17) is 4.74 Å². The van der Waals surface area contributed by atoms with Crippen LogP contribution in [0.5, 0.6) is 5.75 Å². The highest BCUT2D eigenvalue weighted by Gasteiger charge is 2.02. The molecule has 1 rings (SSSR count). The van der Waals surface area contributed by atoms with Gasteiger partial charge in [-0.25, -0.2) is 4.79 Å². The zero-order valence-electron chi connectivity index (χ0n) is 9.11. The SMILES string of the molecule is COC(=O)/C=C/c1c(C)cccc1OC. The van der Waals surface area contributed by atoms with Gasteiger partial charge >= 0.3 is 5.97 Å². The van der Waals surface area contributed by atoms with Gasteiger partial charge in [0.1, 0.15) is 5.75 Å². The second-order valence-corrected chi connectivity index (χ2v) is 3.05. The Bertz CT molecular complexity index is 380. The minimum atomic E-state index is -0.375. The maximum atomic E-state index is 10.9. The fourth-order valence-corrected chi connectivity index (χ4v) is 1.26. The van der Waals surface area contributed by atoms with E-state index in [0.29, 0.717) is 0 Å². The van der Waals surface area contributed by atoms with Crippen molar-refractivity contribution in [3.8, 4) is 5.75 Å². The van der Waals surface area contributed by atoms with Crippen LogP contribution in [0, 0.1) is 6.92 Å². The molecular weight excluding hydrogens is 192 g/mol. The lowest BCUT2D eigenvalue weighted by Gasteiger charge is -2.06. The summed E-state index contributed by atoms with van der Waals surface area (Å²) in [4.78, 5) is 10.9. The summed E-state index contributed by atoms with van der Waals surface area (Å²) in [6.07, 6.45) is 3.07. The molecule has 0 bridgehead atoms. The van der Waals surface area contributed by atoms with E-state index in [1.54, 1.807) is 13.2 Å². The van der Waals surface area contributed by atoms with E-state index < -0.39 is 0 Å². The topological polar surface area (TPSA) is 35.5 Å². The third-order valence-electron chi connectivity index (χ3n) is 2.09. The van der Waals surface area contributed by atoms with Crippen molar-refractivity contribution >= 4 is 12.0 Å². The number of hydrogen-bond acceptors (Lipinski definition) is 3. The Labute approximate surface area is 89.3 Å². The van der Waals surface area contributed by atoms with Crippen molar-refractivity contribution in [1.82, 2.24) is 0 Å². The highest BCUT2D eigenvalue weighted by molar-refractivity contribution is 5.87. The predicted molar refractivity (Wildman–Crippen MR) is 58.8 cm³/mol. The van der Waals surface area contributed by atoms with E-state index in [2.05, 4.69) is 4.74 Å². The molecule has 0 aliphatic heterocycles. The van der Waals surface area contributed by atoms with Crippen LogP contribution in [0.4, 0.5) is 0 Å². The summed E-state index contributed by atoms with van der Waals surface area (Å²) in [6.45, 7) is 1.96. The maximum absolute atomic E-state index is 10.9. The number of carbonyl (C=O) groups excluding carboxylic acids is 1. The number of benzene rings is 1. The smallest absolute Gasteiger partial charge is 0.330 e. The molecule has 0 radical (unpaired) electrons. The molecule has 0 heterocycles. The lowest BCUT2D eigenvalue weighted by molar-refractivity contribution is -0.134. The Balaban J connectivity index is 3.02. The van der Waals surface area contributed by atoms with Crippen molar-refractivity contribution < 1.29 is 14.3 Å². The summed E-state index contributed by atoms with van der Waals surface area (Å²) < 4.78 is 9.71. The van der Waals surface area contributed by atoms with Crippen molar-refractivity contribution in [2.45, 2.75) is 6.92 Å². The Morgan fingerprint density at radius 3 is 2.67 bits per heavy atom. The minimum Gasteiger partial charge on any atom is -0.496 e. The molecule has 15 heavy (non-hydrogen) atoms. The molecule has 3 heteroatoms. The van der Waals surface area contributed by atoms with E-state index in [1.165, 1.54) is 13.2 Å². The Morgan fingerprint density at radius 1 is 1.33 bits per heavy atom. The second-order valence-electron chi connectivity index (χ2n) is 3.05. The number of methoxy groups -OCH3 is 2. The number of carbonyl (C=O) groups is 1. The highest BCUT2D eigenvalue weighted by atomic mass is 16.5. The first-order valence-corrected chi connectivity index (χ1v) is 4.58. The van der Waals surface area contributed by atoms with Gasteiger partial charge in [-0.15, -0.1) is 0 Å². The van der Waals surface area contributed by atoms with Gasteiger partial charge in [0.15, 0.2) is 0 Å². The molecular formula is C12H14O3. The van der Waals surface area contributed by atoms with E-state index in [1.807, 2.05) is 25.1 Å². The monoisotopic (exact) mass is 206 g/mol. The van der Waals surface area contributed by atoms with Crippen LogP contribution in [0.3, 0.4) is 0 Å². The third-order valence-corrected chi connectivity index (χ3v) is 2.09. The van der Waals surface area contributed by atoms with Crippen molar-refractivity contribution in [2.75, 3.05) is 14.2 Å². The quantitative estimate of drug-likeness (QED) is 0.561. The summed E-state index contributed by atoms with van der Waals surface area (Å²) in [6, 6.07) is 5.72. The van der Waals surface area contributed by atoms with Crippen LogP contribution >= 0.6 is 0 Å². The molecule has 0 amide bonds. The highest BCUT2D eigenvalue weighted by Crippen LogP contribution is 2.22. The third kappa shape index (κ3) is 2.84. The lowest BCUT2D eigenvalue weighted by Crippen LogP contribution is -1.95. The standard InChI is InChI=1S/C12H14O3/c1-9-5-4-6-11(14-2)10(9)7-8-12(13)15-3/h4-8H,1-3H3/b8-7+. The molecule has 0 atom stereocenters. The summed E-state index contributed by atoms with van der Waals surface area (Å²) in [5.41, 5.74) is 1.94. The van der Waals surface area contributed by atoms with Gasteiger partial charge in [0.05, 0.1) is 14.2 Å². The van der Waals surface area contributed by atoms with Crippen LogP contribution in [-0.2, 0) is 9.53 Å². The van der Waals surface area contributed by atoms with E-state index >= 15 is 0 Å². The largest absolute Gasteiger partial charge is 0.496 e. The van der Waals surface area contributed by atoms with E-state index in [9.17, 15) is 4.79 Å². The second kappa shape index (κ2) is 5.20. The van der Waals surface area contributed by atoms with E-state index in [0.717, 1.165) is 16.9 Å². The molecule has 0 aromatic heterocycles. The van der Waals surface area contributed by atoms with Crippen LogP contribution < -0.4 is 4.74 Å². The maximum Gasteiger partial charge on any atom is 0.330 e. The van der Waals surface area contributed by atoms with Crippen molar-refractivity contribution in [3.05, 3.63) is 35.4 Å². The minimum absolute atomic E-state index is 0.375. The van der Waals surface area contributed by atoms with Gasteiger partial charge in [-0.1, -0.05) is 12.1 Å². The molecule has 0 saturated heterocycles. The van der Waals surface area contributed by atoms with Gasteiger partial charge in [-0.05, 0) is 24.6 Å². The molecule has 1 aromatic carbocycles. The first kappa shape index (κ1) is 11.3. The normalized spacial score (nSPS) is 10.3. The zero-order chi connectivity index (χ0) is 11.3. The average Bonchev–Trinajstić information content (AvgIpc) is 2.26. The number of esters is 1. The zero-order valence-corrected chi connectivity index (χ0v) is 9.11. The molecule has 0 N–H and O–H groups in total. The van der Waals surface area contributed by atoms with Crippen LogP contribution in [0.1, 0.15) is 11.1 Å². The molecule has 0 saturated carbocycles. The van der Waals surface area contributed by atoms with Crippen molar-refractivity contribution in [1.29, 1.82) is 0 Å². The van der Waals surface area contributed by atoms with Gasteiger partial charge in [-0.2, -0.15) is 0 Å². The van der Waals surface area contributed by atoms with Crippen LogP contribution in [0.2, 0.25) is 0 Å². The fourth-order valence-electron chi connectivity index (χ4n) is 1.26. The Morgan fingerprint density at radius 2 is 2.07 bits per heavy atom. The Hall–Kier alpha value is -1.77. The van der Waals surface area contributed by atoms with Gasteiger partial charge in [0.2, 0.25) is 0 Å². The number of hydrogen-bond donors (Lipinski definition) is 0. The van der Waals surface area contributed by atoms with Crippen molar-refractivity contribution in [3.63, 3.8) is 0 Å². The fraction of sp³-hybridized carbons (Fsp3) is 0.250. The first-order valence-electron chi connectivity index (χ1n) is 4.58. The molecule has 0 spiro atoms. The van der Waals surface area contributed by atoms with Gasteiger partial charge in [0, 0.05) is 11.6 Å². The summed E-state index contributed by atoms with van der Waals surface area (Å²) >= 11 is 0. The first-order chi connectivity index (χ1) is 7.19. The summed E-state index contributed by atoms with van der Waals surface area (Å²) in [5.74, 6) is 0.371.